The Balaban J connectivity index is 2.25. The number of ether oxygens (including phenoxy) is 3. The van der Waals surface area contributed by atoms with Gasteiger partial charge >= 0.3 is 5.69 Å². The van der Waals surface area contributed by atoms with Gasteiger partial charge in [-0.2, -0.15) is 0 Å². The van der Waals surface area contributed by atoms with Crippen molar-refractivity contribution in [3.63, 3.8) is 0 Å². The molecular formula is C35H50N2O6Si2. The predicted octanol–water partition coefficient (Wildman–Crippen LogP) is 3.68. The number of aryl methyl sites for hydroxylation is 1. The lowest BCUT2D eigenvalue weighted by Gasteiger charge is -2.44. The number of carbonyl (C=O) groups is 1. The Kier molecular flexibility index (Phi) is 10.2. The van der Waals surface area contributed by atoms with E-state index in [4.69, 9.17) is 14.2 Å². The van der Waals surface area contributed by atoms with Crippen LogP contribution in [0.15, 0.2) is 76.4 Å². The predicted molar refractivity (Wildman–Crippen MR) is 185 cm³/mol. The van der Waals surface area contributed by atoms with Gasteiger partial charge in [0.25, 0.3) is 5.56 Å². The average Bonchev–Trinajstić information content (AvgIpc) is 3.24. The summed E-state index contributed by atoms with van der Waals surface area (Å²) in [5.74, 6) is -0.134. The number of Topliss-reactive ketones (excluding diaryl/α,β-unsaturated/α-hetero) is 1. The van der Waals surface area contributed by atoms with Crippen molar-refractivity contribution in [3.8, 4) is 0 Å². The minimum atomic E-state index is -2.69. The van der Waals surface area contributed by atoms with Crippen molar-refractivity contribution >= 4 is 33.8 Å². The quantitative estimate of drug-likeness (QED) is 0.336. The number of ketones is 1. The van der Waals surface area contributed by atoms with Gasteiger partial charge in [-0.05, 0) is 48.5 Å². The van der Waals surface area contributed by atoms with Crippen LogP contribution in [0.5, 0.6) is 0 Å². The zero-order valence-electron chi connectivity index (χ0n) is 28.5. The van der Waals surface area contributed by atoms with Crippen LogP contribution < -0.4 is 21.6 Å². The molecule has 1 unspecified atom stereocenters. The number of nitrogens with one attached hydrogen (secondary N) is 1. The van der Waals surface area contributed by atoms with E-state index in [1.54, 1.807) is 17.7 Å². The van der Waals surface area contributed by atoms with Crippen LogP contribution in [-0.4, -0.2) is 62.4 Å². The molecule has 4 rings (SSSR count). The first kappa shape index (κ1) is 35.0. The number of hydrogen-bond acceptors (Lipinski definition) is 6. The molecule has 0 aliphatic carbocycles. The van der Waals surface area contributed by atoms with Crippen molar-refractivity contribution in [3.05, 3.63) is 93.3 Å². The summed E-state index contributed by atoms with van der Waals surface area (Å²) in [6.45, 7) is 19.8. The third-order valence-corrected chi connectivity index (χ3v) is 14.9. The van der Waals surface area contributed by atoms with Crippen LogP contribution in [0.1, 0.15) is 60.5 Å². The molecule has 1 saturated heterocycles. The summed E-state index contributed by atoms with van der Waals surface area (Å²) in [5.41, 5.74) is -3.74. The molecule has 1 aliphatic heterocycles. The topological polar surface area (TPSA) is 99.6 Å². The van der Waals surface area contributed by atoms with Crippen molar-refractivity contribution in [2.75, 3.05) is 6.61 Å². The summed E-state index contributed by atoms with van der Waals surface area (Å²) in [6, 6.07) is 20.3. The molecule has 0 saturated carbocycles. The standard InChI is InChI=1S/C35H50N2O6Si2/c1-11-27(38)34(23-41-32(3,4)5)28(42-33(6,7)8)29(44(9)10)35(43-34,37-22-24(2)30(39)36-31(37)40)45(25-18-14-12-15-19-25)26-20-16-13-17-21-26/h12-22,28-29,44-45H,11,23H2,1-10H3,(H,36,39,40)/t28-,29?,34-,35-/m0/s1. The van der Waals surface area contributed by atoms with Crippen LogP contribution in [0.25, 0.3) is 0 Å². The van der Waals surface area contributed by atoms with Crippen molar-refractivity contribution in [1.29, 1.82) is 0 Å². The third-order valence-electron chi connectivity index (χ3n) is 8.50. The summed E-state index contributed by atoms with van der Waals surface area (Å²) < 4.78 is 22.7. The molecule has 0 spiro atoms. The fourth-order valence-corrected chi connectivity index (χ4v) is 14.6. The number of benzene rings is 2. The smallest absolute Gasteiger partial charge is 0.330 e. The molecule has 8 nitrogen and oxygen atoms in total. The molecule has 244 valence electrons. The van der Waals surface area contributed by atoms with Crippen LogP contribution in [0, 0.1) is 6.92 Å². The van der Waals surface area contributed by atoms with Crippen LogP contribution >= 0.6 is 0 Å². The first-order valence-electron chi connectivity index (χ1n) is 15.9. The summed E-state index contributed by atoms with van der Waals surface area (Å²) in [5, 5.41) is 0.757. The lowest BCUT2D eigenvalue weighted by atomic mass is 9.89. The van der Waals surface area contributed by atoms with Gasteiger partial charge in [-0.15, -0.1) is 0 Å². The Morgan fingerprint density at radius 1 is 0.933 bits per heavy atom. The van der Waals surface area contributed by atoms with E-state index in [9.17, 15) is 14.4 Å². The minimum absolute atomic E-state index is 0.0366. The number of aromatic amines is 1. The molecule has 0 radical (unpaired) electrons. The molecule has 0 amide bonds. The highest BCUT2D eigenvalue weighted by molar-refractivity contribution is 6.87. The normalized spacial score (nSPS) is 24.0. The van der Waals surface area contributed by atoms with Crippen molar-refractivity contribution in [2.45, 2.75) is 109 Å². The number of H-pyrrole nitrogens is 1. The maximum atomic E-state index is 14.5. The van der Waals surface area contributed by atoms with Gasteiger partial charge in [-0.3, -0.25) is 19.1 Å². The van der Waals surface area contributed by atoms with Crippen LogP contribution in [0.4, 0.5) is 0 Å². The van der Waals surface area contributed by atoms with E-state index in [0.29, 0.717) is 5.56 Å². The van der Waals surface area contributed by atoms with Crippen LogP contribution in [-0.2, 0) is 24.4 Å². The van der Waals surface area contributed by atoms with Crippen molar-refractivity contribution in [1.82, 2.24) is 9.55 Å². The highest BCUT2D eigenvalue weighted by atomic mass is 28.3. The second-order valence-electron chi connectivity index (χ2n) is 14.5. The fraction of sp³-hybridized carbons (Fsp3) is 0.514. The number of rotatable bonds is 10. The van der Waals surface area contributed by atoms with E-state index in [0.717, 1.165) is 10.4 Å². The summed E-state index contributed by atoms with van der Waals surface area (Å²) >= 11 is 0. The van der Waals surface area contributed by atoms with E-state index in [1.807, 2.05) is 84.9 Å². The van der Waals surface area contributed by atoms with Gasteiger partial charge in [-0.25, -0.2) is 4.79 Å². The number of carbonyl (C=O) groups excluding carboxylic acids is 1. The lowest BCUT2D eigenvalue weighted by Crippen LogP contribution is -2.67. The van der Waals surface area contributed by atoms with E-state index in [-0.39, 0.29) is 24.4 Å². The van der Waals surface area contributed by atoms with E-state index in [2.05, 4.69) is 42.3 Å². The molecule has 3 aromatic rings. The third kappa shape index (κ3) is 6.95. The largest absolute Gasteiger partial charge is 0.372 e. The Hall–Kier alpha value is -2.90. The summed E-state index contributed by atoms with van der Waals surface area (Å²) in [7, 11) is -4.58. The zero-order valence-corrected chi connectivity index (χ0v) is 30.8. The number of hydrogen-bond donors (Lipinski definition) is 1. The van der Waals surface area contributed by atoms with Gasteiger partial charge in [0.1, 0.15) is 11.5 Å². The van der Waals surface area contributed by atoms with Gasteiger partial charge in [0.2, 0.25) is 0 Å². The maximum absolute atomic E-state index is 14.5. The Labute approximate surface area is 270 Å². The minimum Gasteiger partial charge on any atom is -0.372 e. The maximum Gasteiger partial charge on any atom is 0.330 e. The van der Waals surface area contributed by atoms with E-state index in [1.165, 1.54) is 0 Å². The molecule has 10 heteroatoms. The van der Waals surface area contributed by atoms with Gasteiger partial charge in [0.15, 0.2) is 20.2 Å². The molecule has 1 N–H and O–H groups in total. The highest BCUT2D eigenvalue weighted by Gasteiger charge is 2.71. The highest BCUT2D eigenvalue weighted by Crippen LogP contribution is 2.55. The van der Waals surface area contributed by atoms with Crippen LogP contribution in [0.2, 0.25) is 18.6 Å². The summed E-state index contributed by atoms with van der Waals surface area (Å²) in [4.78, 5) is 44.1. The van der Waals surface area contributed by atoms with Crippen molar-refractivity contribution in [2.24, 2.45) is 0 Å². The molecule has 45 heavy (non-hydrogen) atoms. The molecule has 0 bridgehead atoms. The molecule has 1 fully saturated rings. The van der Waals surface area contributed by atoms with Gasteiger partial charge in [0, 0.05) is 32.5 Å². The van der Waals surface area contributed by atoms with Crippen molar-refractivity contribution < 1.29 is 19.0 Å². The van der Waals surface area contributed by atoms with Gasteiger partial charge in [0.05, 0.1) is 17.8 Å². The molecular weight excluding hydrogens is 601 g/mol. The molecule has 2 heterocycles. The fourth-order valence-electron chi connectivity index (χ4n) is 6.72. The Bertz CT molecular complexity index is 1550. The van der Waals surface area contributed by atoms with Gasteiger partial charge < -0.3 is 14.2 Å². The molecule has 1 aliphatic rings. The second kappa shape index (κ2) is 13.1. The Morgan fingerprint density at radius 2 is 1.47 bits per heavy atom. The number of aromatic nitrogens is 2. The second-order valence-corrected chi connectivity index (χ2v) is 20.8. The first-order chi connectivity index (χ1) is 21.0. The molecule has 4 atom stereocenters. The van der Waals surface area contributed by atoms with Gasteiger partial charge in [-0.1, -0.05) is 91.1 Å². The summed E-state index contributed by atoms with van der Waals surface area (Å²) in [6.07, 6.45) is 1.10. The monoisotopic (exact) mass is 650 g/mol. The Morgan fingerprint density at radius 3 is 1.91 bits per heavy atom. The van der Waals surface area contributed by atoms with E-state index >= 15 is 0 Å². The zero-order chi connectivity index (χ0) is 33.4. The molecule has 1 aromatic heterocycles. The van der Waals surface area contributed by atoms with Crippen LogP contribution in [0.3, 0.4) is 0 Å². The number of nitrogens with zero attached hydrogens (tertiary/aromatic N) is 1. The SMILES string of the molecule is CCC(=O)[C@]1(COC(C)(C)C)O[C@](n2cc(C)c(=O)[nH]c2=O)([SiH](c2ccccc2)c2ccccc2)C([SiH](C)C)[C@@H]1OC(C)(C)C. The van der Waals surface area contributed by atoms with E-state index < -0.39 is 57.1 Å². The average molecular weight is 651 g/mol. The lowest BCUT2D eigenvalue weighted by molar-refractivity contribution is -0.201. The molecule has 2 aromatic carbocycles. The first-order valence-corrected chi connectivity index (χ1v) is 20.7.